The monoisotopic (exact) mass is 337 g/mol. The topological polar surface area (TPSA) is 37.8 Å². The molecule has 0 unspecified atom stereocenters. The Morgan fingerprint density at radius 2 is 2.05 bits per heavy atom. The molecular weight excluding hydrogens is 326 g/mol. The Morgan fingerprint density at radius 1 is 1.26 bits per heavy atom. The molecule has 1 N–H and O–H groups in total. The summed E-state index contributed by atoms with van der Waals surface area (Å²) in [7, 11) is 0. The Morgan fingerprint density at radius 3 is 2.79 bits per heavy atom. The molecule has 19 heavy (non-hydrogen) atoms. The number of halogens is 2. The van der Waals surface area contributed by atoms with Crippen molar-refractivity contribution in [2.24, 2.45) is 5.92 Å². The SMILES string of the molecule is Clc1cc(Nc2ccccc2Br)nc(CC2CC2)n1. The van der Waals surface area contributed by atoms with Gasteiger partial charge in [-0.1, -0.05) is 23.7 Å². The molecular formula is C14H13BrClN3. The van der Waals surface area contributed by atoms with E-state index in [-0.39, 0.29) is 0 Å². The van der Waals surface area contributed by atoms with E-state index in [4.69, 9.17) is 11.6 Å². The number of hydrogen-bond donors (Lipinski definition) is 1. The standard InChI is InChI=1S/C14H13BrClN3/c15-10-3-1-2-4-11(10)17-14-8-12(16)18-13(19-14)7-9-5-6-9/h1-4,8-9H,5-7H2,(H,17,18,19). The van der Waals surface area contributed by atoms with Gasteiger partial charge < -0.3 is 5.32 Å². The van der Waals surface area contributed by atoms with Crippen molar-refractivity contribution >= 4 is 39.0 Å². The number of aromatic nitrogens is 2. The third-order valence-corrected chi connectivity index (χ3v) is 3.93. The van der Waals surface area contributed by atoms with Crippen LogP contribution in [0.3, 0.4) is 0 Å². The second-order valence-electron chi connectivity index (χ2n) is 4.74. The van der Waals surface area contributed by atoms with Crippen molar-refractivity contribution in [1.82, 2.24) is 9.97 Å². The van der Waals surface area contributed by atoms with Gasteiger partial charge in [-0.15, -0.1) is 0 Å². The Balaban J connectivity index is 1.83. The van der Waals surface area contributed by atoms with Crippen molar-refractivity contribution < 1.29 is 0 Å². The quantitative estimate of drug-likeness (QED) is 0.829. The third-order valence-electron chi connectivity index (χ3n) is 3.05. The van der Waals surface area contributed by atoms with Crippen LogP contribution in [0.1, 0.15) is 18.7 Å². The van der Waals surface area contributed by atoms with E-state index in [0.717, 1.165) is 34.1 Å². The summed E-state index contributed by atoms with van der Waals surface area (Å²) in [5, 5.41) is 3.75. The molecule has 0 saturated heterocycles. The zero-order valence-corrected chi connectivity index (χ0v) is 12.6. The van der Waals surface area contributed by atoms with Gasteiger partial charge in [0.2, 0.25) is 0 Å². The summed E-state index contributed by atoms with van der Waals surface area (Å²) in [4.78, 5) is 8.80. The number of rotatable bonds is 4. The average Bonchev–Trinajstić information content (AvgIpc) is 3.15. The number of nitrogens with zero attached hydrogens (tertiary/aromatic N) is 2. The van der Waals surface area contributed by atoms with E-state index in [0.29, 0.717) is 5.15 Å². The predicted octanol–water partition coefficient (Wildman–Crippen LogP) is 4.59. The zero-order chi connectivity index (χ0) is 13.2. The van der Waals surface area contributed by atoms with Crippen molar-refractivity contribution in [1.29, 1.82) is 0 Å². The first-order chi connectivity index (χ1) is 9.20. The molecule has 1 fully saturated rings. The van der Waals surface area contributed by atoms with Crippen LogP contribution in [0.15, 0.2) is 34.8 Å². The molecule has 3 rings (SSSR count). The lowest BCUT2D eigenvalue weighted by Crippen LogP contribution is -2.02. The number of hydrogen-bond acceptors (Lipinski definition) is 3. The maximum Gasteiger partial charge on any atom is 0.135 e. The molecule has 2 aromatic rings. The molecule has 1 aromatic carbocycles. The van der Waals surface area contributed by atoms with Gasteiger partial charge in [0.25, 0.3) is 0 Å². The first-order valence-electron chi connectivity index (χ1n) is 6.26. The maximum absolute atomic E-state index is 6.06. The predicted molar refractivity (Wildman–Crippen MR) is 80.9 cm³/mol. The Labute approximate surface area is 125 Å². The first kappa shape index (κ1) is 12.9. The van der Waals surface area contributed by atoms with Gasteiger partial charge in [0.1, 0.15) is 16.8 Å². The van der Waals surface area contributed by atoms with Gasteiger partial charge in [-0.05, 0) is 46.8 Å². The highest BCUT2D eigenvalue weighted by molar-refractivity contribution is 9.10. The molecule has 1 saturated carbocycles. The fourth-order valence-electron chi connectivity index (χ4n) is 1.90. The summed E-state index contributed by atoms with van der Waals surface area (Å²) in [6.07, 6.45) is 3.48. The fraction of sp³-hybridized carbons (Fsp3) is 0.286. The summed E-state index contributed by atoms with van der Waals surface area (Å²) in [5.41, 5.74) is 0.967. The molecule has 0 atom stereocenters. The Bertz CT molecular complexity index is 599. The normalized spacial score (nSPS) is 14.4. The summed E-state index contributed by atoms with van der Waals surface area (Å²) in [5.74, 6) is 2.31. The van der Waals surface area contributed by atoms with Crippen LogP contribution in [-0.2, 0) is 6.42 Å². The van der Waals surface area contributed by atoms with E-state index in [2.05, 4.69) is 31.2 Å². The van der Waals surface area contributed by atoms with Crippen molar-refractivity contribution in [2.75, 3.05) is 5.32 Å². The molecule has 1 aliphatic carbocycles. The van der Waals surface area contributed by atoms with E-state index in [1.54, 1.807) is 6.07 Å². The number of benzene rings is 1. The van der Waals surface area contributed by atoms with Gasteiger partial charge >= 0.3 is 0 Å². The van der Waals surface area contributed by atoms with Crippen LogP contribution >= 0.6 is 27.5 Å². The van der Waals surface area contributed by atoms with Gasteiger partial charge in [0.05, 0.1) is 5.69 Å². The average molecular weight is 339 g/mol. The van der Waals surface area contributed by atoms with Crippen molar-refractivity contribution in [2.45, 2.75) is 19.3 Å². The van der Waals surface area contributed by atoms with Gasteiger partial charge in [-0.3, -0.25) is 0 Å². The summed E-state index contributed by atoms with van der Waals surface area (Å²) >= 11 is 9.56. The number of nitrogens with one attached hydrogen (secondary N) is 1. The van der Waals surface area contributed by atoms with E-state index >= 15 is 0 Å². The molecule has 1 heterocycles. The van der Waals surface area contributed by atoms with Gasteiger partial charge in [0.15, 0.2) is 0 Å². The van der Waals surface area contributed by atoms with Gasteiger partial charge in [-0.2, -0.15) is 0 Å². The molecule has 1 aromatic heterocycles. The number of para-hydroxylation sites is 1. The summed E-state index contributed by atoms with van der Waals surface area (Å²) < 4.78 is 0.994. The van der Waals surface area contributed by atoms with Crippen LogP contribution in [0, 0.1) is 5.92 Å². The lowest BCUT2D eigenvalue weighted by Gasteiger charge is -2.09. The van der Waals surface area contributed by atoms with Crippen LogP contribution in [0.4, 0.5) is 11.5 Å². The Kier molecular flexibility index (Phi) is 3.71. The van der Waals surface area contributed by atoms with Crippen LogP contribution in [-0.4, -0.2) is 9.97 Å². The molecule has 5 heteroatoms. The van der Waals surface area contributed by atoms with E-state index in [1.165, 1.54) is 12.8 Å². The molecule has 0 amide bonds. The second-order valence-corrected chi connectivity index (χ2v) is 5.99. The summed E-state index contributed by atoms with van der Waals surface area (Å²) in [6, 6.07) is 9.66. The Hall–Kier alpha value is -1.13. The van der Waals surface area contributed by atoms with E-state index in [9.17, 15) is 0 Å². The van der Waals surface area contributed by atoms with E-state index < -0.39 is 0 Å². The molecule has 0 bridgehead atoms. The largest absolute Gasteiger partial charge is 0.339 e. The van der Waals surface area contributed by atoms with Crippen LogP contribution in [0.5, 0.6) is 0 Å². The van der Waals surface area contributed by atoms with Crippen LogP contribution in [0.2, 0.25) is 5.15 Å². The highest BCUT2D eigenvalue weighted by Gasteiger charge is 2.23. The summed E-state index contributed by atoms with van der Waals surface area (Å²) in [6.45, 7) is 0. The van der Waals surface area contributed by atoms with E-state index in [1.807, 2.05) is 24.3 Å². The minimum atomic E-state index is 0.486. The van der Waals surface area contributed by atoms with Gasteiger partial charge in [-0.25, -0.2) is 9.97 Å². The van der Waals surface area contributed by atoms with Crippen molar-refractivity contribution in [3.63, 3.8) is 0 Å². The second kappa shape index (κ2) is 5.47. The number of anilines is 2. The molecule has 0 radical (unpaired) electrons. The lowest BCUT2D eigenvalue weighted by atomic mass is 10.3. The molecule has 0 aliphatic heterocycles. The smallest absolute Gasteiger partial charge is 0.135 e. The molecule has 0 spiro atoms. The third kappa shape index (κ3) is 3.45. The minimum Gasteiger partial charge on any atom is -0.339 e. The van der Waals surface area contributed by atoms with Gasteiger partial charge in [0, 0.05) is 17.0 Å². The molecule has 1 aliphatic rings. The lowest BCUT2D eigenvalue weighted by molar-refractivity contribution is 0.771. The molecule has 3 nitrogen and oxygen atoms in total. The van der Waals surface area contributed by atoms with Crippen LogP contribution < -0.4 is 5.32 Å². The zero-order valence-electron chi connectivity index (χ0n) is 10.2. The fourth-order valence-corrected chi connectivity index (χ4v) is 2.49. The van der Waals surface area contributed by atoms with Crippen LogP contribution in [0.25, 0.3) is 0 Å². The first-order valence-corrected chi connectivity index (χ1v) is 7.43. The minimum absolute atomic E-state index is 0.486. The van der Waals surface area contributed by atoms with Crippen molar-refractivity contribution in [3.05, 3.63) is 45.8 Å². The molecule has 98 valence electrons. The van der Waals surface area contributed by atoms with Crippen molar-refractivity contribution in [3.8, 4) is 0 Å². The highest BCUT2D eigenvalue weighted by Crippen LogP contribution is 2.32. The highest BCUT2D eigenvalue weighted by atomic mass is 79.9. The maximum atomic E-state index is 6.06.